The van der Waals surface area contributed by atoms with Crippen LogP contribution in [0.15, 0.2) is 36.7 Å². The molecule has 1 aliphatic carbocycles. The molecule has 1 aromatic carbocycles. The number of rotatable bonds is 2. The third-order valence-corrected chi connectivity index (χ3v) is 7.23. The lowest BCUT2D eigenvalue weighted by Gasteiger charge is -2.47. The van der Waals surface area contributed by atoms with E-state index in [1.54, 1.807) is 6.20 Å². The van der Waals surface area contributed by atoms with Gasteiger partial charge in [-0.3, -0.25) is 9.78 Å². The third-order valence-electron chi connectivity index (χ3n) is 6.97. The number of ketones is 1. The summed E-state index contributed by atoms with van der Waals surface area (Å²) in [6.45, 7) is 3.43. The van der Waals surface area contributed by atoms with E-state index in [-0.39, 0.29) is 11.7 Å². The lowest BCUT2D eigenvalue weighted by atomic mass is 9.67. The van der Waals surface area contributed by atoms with E-state index >= 15 is 0 Å². The van der Waals surface area contributed by atoms with E-state index in [0.717, 1.165) is 40.8 Å². The van der Waals surface area contributed by atoms with Gasteiger partial charge in [-0.1, -0.05) is 11.6 Å². The fourth-order valence-corrected chi connectivity index (χ4v) is 5.69. The van der Waals surface area contributed by atoms with Crippen LogP contribution in [0.4, 0.5) is 0 Å². The van der Waals surface area contributed by atoms with Gasteiger partial charge in [0.15, 0.2) is 5.78 Å². The maximum Gasteiger partial charge on any atom is 0.168 e. The molecule has 0 spiro atoms. The first-order chi connectivity index (χ1) is 13.7. The van der Waals surface area contributed by atoms with Gasteiger partial charge < -0.3 is 4.90 Å². The quantitative estimate of drug-likeness (QED) is 0.666. The Morgan fingerprint density at radius 3 is 2.57 bits per heavy atom. The maximum atomic E-state index is 13.5. The molecule has 0 saturated carbocycles. The molecule has 2 aromatic heterocycles. The monoisotopic (exact) mass is 392 g/mol. The van der Waals surface area contributed by atoms with Crippen LogP contribution in [0.2, 0.25) is 5.02 Å². The normalized spacial score (nSPS) is 28.8. The summed E-state index contributed by atoms with van der Waals surface area (Å²) in [7, 11) is 0. The second-order valence-electron chi connectivity index (χ2n) is 8.39. The molecule has 5 heterocycles. The van der Waals surface area contributed by atoms with Gasteiger partial charge in [-0.2, -0.15) is 5.10 Å². The van der Waals surface area contributed by atoms with Crippen LogP contribution in [-0.2, 0) is 6.42 Å². The molecule has 7 rings (SSSR count). The zero-order chi connectivity index (χ0) is 18.8. The molecular weight excluding hydrogens is 372 g/mol. The minimum Gasteiger partial charge on any atom is -0.303 e. The average Bonchev–Trinajstić information content (AvgIpc) is 3.11. The predicted octanol–water partition coefficient (Wildman–Crippen LogP) is 3.77. The highest BCUT2D eigenvalue weighted by molar-refractivity contribution is 6.30. The molecular formula is C22H21ClN4O. The number of benzene rings is 1. The molecule has 5 nitrogen and oxygen atoms in total. The molecule has 3 aromatic rings. The van der Waals surface area contributed by atoms with Crippen molar-refractivity contribution in [3.05, 3.63) is 52.9 Å². The number of fused-ring (bicyclic) bond motifs is 3. The van der Waals surface area contributed by atoms with E-state index in [4.69, 9.17) is 16.7 Å². The molecule has 2 atom stereocenters. The van der Waals surface area contributed by atoms with E-state index < -0.39 is 0 Å². The zero-order valence-electron chi connectivity index (χ0n) is 15.5. The Morgan fingerprint density at radius 1 is 1.07 bits per heavy atom. The second kappa shape index (κ2) is 6.13. The fraction of sp³-hybridized carbons (Fsp3) is 0.409. The lowest BCUT2D eigenvalue weighted by molar-refractivity contribution is 0.0192. The Labute approximate surface area is 168 Å². The van der Waals surface area contributed by atoms with Crippen LogP contribution in [0.25, 0.3) is 16.6 Å². The Morgan fingerprint density at radius 2 is 1.86 bits per heavy atom. The van der Waals surface area contributed by atoms with Crippen molar-refractivity contribution < 1.29 is 4.79 Å². The molecule has 0 amide bonds. The number of hydrogen-bond acceptors (Lipinski definition) is 4. The van der Waals surface area contributed by atoms with E-state index in [2.05, 4.69) is 9.88 Å². The van der Waals surface area contributed by atoms with Crippen molar-refractivity contribution >= 4 is 28.3 Å². The van der Waals surface area contributed by atoms with E-state index in [1.165, 1.54) is 25.9 Å². The molecule has 1 unspecified atom stereocenters. The number of pyridine rings is 1. The minimum atomic E-state index is 0.0292. The summed E-state index contributed by atoms with van der Waals surface area (Å²) < 4.78 is 1.91. The largest absolute Gasteiger partial charge is 0.303 e. The number of carbonyl (C=O) groups excluding carboxylic acids is 1. The SMILES string of the molecule is O=C1c2cncc3c2c(nn3-c2ccc(Cl)cc2)C[C@@H]1C1CN2CCC1CC2. The summed E-state index contributed by atoms with van der Waals surface area (Å²) in [5, 5.41) is 6.60. The van der Waals surface area contributed by atoms with Gasteiger partial charge in [-0.15, -0.1) is 0 Å². The highest BCUT2D eigenvalue weighted by Crippen LogP contribution is 2.42. The molecule has 142 valence electrons. The molecule has 3 aliphatic heterocycles. The standard InChI is InChI=1S/C22H21ClN4O/c23-14-1-3-15(4-2-14)27-20-11-24-10-17-21(20)19(25-27)9-16(22(17)28)18-12-26-7-5-13(18)6-8-26/h1-4,10-11,13,16,18H,5-9,12H2/t16-,18?/m1/s1. The molecule has 4 aliphatic rings. The summed E-state index contributed by atoms with van der Waals surface area (Å²) in [6.07, 6.45) is 6.75. The van der Waals surface area contributed by atoms with Gasteiger partial charge in [-0.05, 0) is 62.0 Å². The smallest absolute Gasteiger partial charge is 0.168 e. The van der Waals surface area contributed by atoms with E-state index in [0.29, 0.717) is 16.9 Å². The van der Waals surface area contributed by atoms with Crippen molar-refractivity contribution in [2.45, 2.75) is 19.3 Å². The summed E-state index contributed by atoms with van der Waals surface area (Å²) in [4.78, 5) is 20.4. The van der Waals surface area contributed by atoms with Gasteiger partial charge in [0.25, 0.3) is 0 Å². The summed E-state index contributed by atoms with van der Waals surface area (Å²) in [5.41, 5.74) is 3.62. The van der Waals surface area contributed by atoms with Crippen molar-refractivity contribution in [2.75, 3.05) is 19.6 Å². The molecule has 3 saturated heterocycles. The number of Topliss-reactive ketones (excluding diaryl/α,β-unsaturated/α-hetero) is 1. The molecule has 28 heavy (non-hydrogen) atoms. The number of aromatic nitrogens is 3. The van der Waals surface area contributed by atoms with Crippen LogP contribution in [0.3, 0.4) is 0 Å². The van der Waals surface area contributed by atoms with Gasteiger partial charge in [0.2, 0.25) is 0 Å². The fourth-order valence-electron chi connectivity index (χ4n) is 5.56. The first kappa shape index (κ1) is 16.7. The average molecular weight is 393 g/mol. The van der Waals surface area contributed by atoms with Crippen molar-refractivity contribution in [3.8, 4) is 5.69 Å². The van der Waals surface area contributed by atoms with Crippen LogP contribution in [0, 0.1) is 17.8 Å². The van der Waals surface area contributed by atoms with Gasteiger partial charge in [0.05, 0.1) is 23.1 Å². The second-order valence-corrected chi connectivity index (χ2v) is 8.83. The van der Waals surface area contributed by atoms with Crippen LogP contribution < -0.4 is 0 Å². The highest BCUT2D eigenvalue weighted by atomic mass is 35.5. The molecule has 2 bridgehead atoms. The third kappa shape index (κ3) is 2.39. The summed E-state index contributed by atoms with van der Waals surface area (Å²) >= 11 is 6.05. The predicted molar refractivity (Wildman–Crippen MR) is 108 cm³/mol. The van der Waals surface area contributed by atoms with Gasteiger partial charge in [0, 0.05) is 41.1 Å². The highest BCUT2D eigenvalue weighted by Gasteiger charge is 2.44. The van der Waals surface area contributed by atoms with Gasteiger partial charge >= 0.3 is 0 Å². The minimum absolute atomic E-state index is 0.0292. The van der Waals surface area contributed by atoms with Crippen molar-refractivity contribution in [1.29, 1.82) is 0 Å². The van der Waals surface area contributed by atoms with Crippen molar-refractivity contribution in [2.24, 2.45) is 17.8 Å². The zero-order valence-corrected chi connectivity index (χ0v) is 16.3. The van der Waals surface area contributed by atoms with Crippen LogP contribution >= 0.6 is 11.6 Å². The number of piperidine rings is 3. The topological polar surface area (TPSA) is 51.0 Å². The summed E-state index contributed by atoms with van der Waals surface area (Å²) in [5.74, 6) is 1.41. The number of hydrogen-bond donors (Lipinski definition) is 0. The molecule has 0 N–H and O–H groups in total. The van der Waals surface area contributed by atoms with Crippen molar-refractivity contribution in [3.63, 3.8) is 0 Å². The van der Waals surface area contributed by atoms with Crippen LogP contribution in [0.5, 0.6) is 0 Å². The van der Waals surface area contributed by atoms with Crippen LogP contribution in [-0.4, -0.2) is 45.1 Å². The first-order valence-corrected chi connectivity index (χ1v) is 10.4. The van der Waals surface area contributed by atoms with Crippen LogP contribution in [0.1, 0.15) is 28.9 Å². The van der Waals surface area contributed by atoms with Gasteiger partial charge in [0.1, 0.15) is 0 Å². The number of carbonyl (C=O) groups is 1. The molecule has 6 heteroatoms. The molecule has 0 radical (unpaired) electrons. The first-order valence-electron chi connectivity index (χ1n) is 10.1. The Hall–Kier alpha value is -2.24. The number of nitrogens with zero attached hydrogens (tertiary/aromatic N) is 4. The Bertz CT molecular complexity index is 1080. The lowest BCUT2D eigenvalue weighted by Crippen LogP contribution is -2.51. The van der Waals surface area contributed by atoms with Crippen molar-refractivity contribution in [1.82, 2.24) is 19.7 Å². The Kier molecular flexibility index (Phi) is 3.65. The summed E-state index contributed by atoms with van der Waals surface area (Å²) in [6, 6.07) is 7.63. The maximum absolute atomic E-state index is 13.5. The Balaban J connectivity index is 1.45. The van der Waals surface area contributed by atoms with E-state index in [1.807, 2.05) is 35.1 Å². The van der Waals surface area contributed by atoms with Gasteiger partial charge in [-0.25, -0.2) is 4.68 Å². The molecule has 3 fully saturated rings. The van der Waals surface area contributed by atoms with E-state index in [9.17, 15) is 4.79 Å². The number of halogens is 1.